The Kier molecular flexibility index (Phi) is 5.00. The molecule has 1 unspecified atom stereocenters. The van der Waals surface area contributed by atoms with Crippen LogP contribution in [0.1, 0.15) is 11.7 Å². The molecule has 0 fully saturated rings. The predicted octanol–water partition coefficient (Wildman–Crippen LogP) is 2.96. The van der Waals surface area contributed by atoms with E-state index in [2.05, 4.69) is 10.6 Å². The van der Waals surface area contributed by atoms with E-state index in [0.717, 1.165) is 12.1 Å². The van der Waals surface area contributed by atoms with Crippen LogP contribution in [0.4, 0.5) is 23.7 Å². The number of hydrogen-bond donors (Lipinski definition) is 3. The summed E-state index contributed by atoms with van der Waals surface area (Å²) in [6, 6.07) is 7.38. The number of aliphatic hydroxyl groups is 1. The van der Waals surface area contributed by atoms with Gasteiger partial charge in [0.15, 0.2) is 0 Å². The lowest BCUT2D eigenvalue weighted by molar-refractivity contribution is 0.170. The number of aliphatic hydroxyl groups excluding tert-OH is 1. The molecule has 0 radical (unpaired) electrons. The molecule has 0 aromatic heterocycles. The molecular weight excluding hydrogens is 297 g/mol. The minimum absolute atomic E-state index is 0.0413. The number of anilines is 1. The topological polar surface area (TPSA) is 61.4 Å². The Labute approximate surface area is 124 Å². The summed E-state index contributed by atoms with van der Waals surface area (Å²) >= 11 is 0. The Morgan fingerprint density at radius 3 is 2.36 bits per heavy atom. The van der Waals surface area contributed by atoms with Crippen molar-refractivity contribution in [2.45, 2.75) is 6.10 Å². The number of rotatable bonds is 4. The molecule has 0 aliphatic carbocycles. The van der Waals surface area contributed by atoms with Crippen LogP contribution in [-0.2, 0) is 0 Å². The summed E-state index contributed by atoms with van der Waals surface area (Å²) in [5.74, 6) is -2.26. The van der Waals surface area contributed by atoms with Gasteiger partial charge >= 0.3 is 6.03 Å². The summed E-state index contributed by atoms with van der Waals surface area (Å²) in [4.78, 5) is 11.6. The smallest absolute Gasteiger partial charge is 0.319 e. The van der Waals surface area contributed by atoms with Gasteiger partial charge in [0.05, 0.1) is 6.10 Å². The number of amides is 2. The first-order valence-electron chi connectivity index (χ1n) is 6.39. The van der Waals surface area contributed by atoms with Gasteiger partial charge in [0.2, 0.25) is 0 Å². The lowest BCUT2D eigenvalue weighted by Crippen LogP contribution is -2.32. The van der Waals surface area contributed by atoms with Crippen LogP contribution in [0, 0.1) is 17.5 Å². The fourth-order valence-corrected chi connectivity index (χ4v) is 1.85. The number of hydrogen-bond acceptors (Lipinski definition) is 2. The zero-order valence-corrected chi connectivity index (χ0v) is 11.3. The maximum atomic E-state index is 13.4. The monoisotopic (exact) mass is 310 g/mol. The molecule has 3 N–H and O–H groups in total. The van der Waals surface area contributed by atoms with Crippen LogP contribution in [0.25, 0.3) is 0 Å². The van der Waals surface area contributed by atoms with E-state index in [1.54, 1.807) is 6.07 Å². The van der Waals surface area contributed by atoms with Gasteiger partial charge in [-0.05, 0) is 18.2 Å². The highest BCUT2D eigenvalue weighted by molar-refractivity contribution is 5.89. The van der Waals surface area contributed by atoms with Crippen LogP contribution < -0.4 is 10.6 Å². The Balaban J connectivity index is 1.91. The molecule has 0 aliphatic rings. The maximum absolute atomic E-state index is 13.4. The zero-order chi connectivity index (χ0) is 16.1. The quantitative estimate of drug-likeness (QED) is 0.813. The molecule has 2 amide bonds. The van der Waals surface area contributed by atoms with Crippen molar-refractivity contribution in [2.24, 2.45) is 0 Å². The van der Waals surface area contributed by atoms with E-state index in [1.165, 1.54) is 18.2 Å². The van der Waals surface area contributed by atoms with Crippen LogP contribution in [0.3, 0.4) is 0 Å². The standard InChI is InChI=1S/C15H13F3N2O2/c16-9-5-10(17)7-11(6-9)20-15(22)19-8-14(21)12-3-1-2-4-13(12)18/h1-7,14,21H,8H2,(H2,19,20,22). The summed E-state index contributed by atoms with van der Waals surface area (Å²) in [7, 11) is 0. The van der Waals surface area contributed by atoms with Crippen LogP contribution in [-0.4, -0.2) is 17.7 Å². The van der Waals surface area contributed by atoms with Gasteiger partial charge in [0, 0.05) is 23.9 Å². The fraction of sp³-hybridized carbons (Fsp3) is 0.133. The molecule has 1 atom stereocenters. The molecular formula is C15H13F3N2O2. The first kappa shape index (κ1) is 15.8. The number of carbonyl (C=O) groups is 1. The number of halogens is 3. The number of carbonyl (C=O) groups excluding carboxylic acids is 1. The van der Waals surface area contributed by atoms with Crippen LogP contribution in [0.15, 0.2) is 42.5 Å². The van der Waals surface area contributed by atoms with Crippen molar-refractivity contribution in [3.8, 4) is 0 Å². The highest BCUT2D eigenvalue weighted by Gasteiger charge is 2.13. The summed E-state index contributed by atoms with van der Waals surface area (Å²) < 4.78 is 39.4. The molecule has 2 rings (SSSR count). The van der Waals surface area contributed by atoms with Crippen molar-refractivity contribution in [1.82, 2.24) is 5.32 Å². The highest BCUT2D eigenvalue weighted by Crippen LogP contribution is 2.16. The lowest BCUT2D eigenvalue weighted by Gasteiger charge is -2.13. The van der Waals surface area contributed by atoms with Crippen LogP contribution in [0.5, 0.6) is 0 Å². The van der Waals surface area contributed by atoms with E-state index in [4.69, 9.17) is 0 Å². The fourth-order valence-electron chi connectivity index (χ4n) is 1.85. The summed E-state index contributed by atoms with van der Waals surface area (Å²) in [6.07, 6.45) is -1.24. The van der Waals surface area contributed by atoms with Crippen LogP contribution in [0.2, 0.25) is 0 Å². The second-order valence-corrected chi connectivity index (χ2v) is 4.53. The average molecular weight is 310 g/mol. The van der Waals surface area contributed by atoms with Gasteiger partial charge in [-0.25, -0.2) is 18.0 Å². The Bertz CT molecular complexity index is 659. The molecule has 2 aromatic rings. The van der Waals surface area contributed by atoms with Crippen LogP contribution >= 0.6 is 0 Å². The van der Waals surface area contributed by atoms with Crippen molar-refractivity contribution in [3.63, 3.8) is 0 Å². The molecule has 0 heterocycles. The van der Waals surface area contributed by atoms with Gasteiger partial charge in [-0.3, -0.25) is 0 Å². The number of urea groups is 1. The Morgan fingerprint density at radius 1 is 1.09 bits per heavy atom. The van der Waals surface area contributed by atoms with E-state index in [1.807, 2.05) is 0 Å². The minimum atomic E-state index is -1.24. The van der Waals surface area contributed by atoms with E-state index in [9.17, 15) is 23.1 Å². The Hall–Kier alpha value is -2.54. The molecule has 22 heavy (non-hydrogen) atoms. The maximum Gasteiger partial charge on any atom is 0.319 e. The zero-order valence-electron chi connectivity index (χ0n) is 11.3. The molecule has 0 bridgehead atoms. The summed E-state index contributed by atoms with van der Waals surface area (Å²) in [5.41, 5.74) is -0.0324. The van der Waals surface area contributed by atoms with Gasteiger partial charge in [-0.2, -0.15) is 0 Å². The molecule has 0 saturated heterocycles. The second-order valence-electron chi connectivity index (χ2n) is 4.53. The van der Waals surface area contributed by atoms with Crippen molar-refractivity contribution in [3.05, 3.63) is 65.5 Å². The molecule has 0 aliphatic heterocycles. The van der Waals surface area contributed by atoms with E-state index < -0.39 is 29.6 Å². The van der Waals surface area contributed by atoms with Gasteiger partial charge < -0.3 is 15.7 Å². The third kappa shape index (κ3) is 4.23. The molecule has 7 heteroatoms. The molecule has 2 aromatic carbocycles. The first-order chi connectivity index (χ1) is 10.5. The second kappa shape index (κ2) is 6.95. The van der Waals surface area contributed by atoms with Gasteiger partial charge in [0.1, 0.15) is 17.5 Å². The molecule has 4 nitrogen and oxygen atoms in total. The van der Waals surface area contributed by atoms with E-state index in [0.29, 0.717) is 6.07 Å². The third-order valence-electron chi connectivity index (χ3n) is 2.84. The van der Waals surface area contributed by atoms with Crippen molar-refractivity contribution in [2.75, 3.05) is 11.9 Å². The van der Waals surface area contributed by atoms with Crippen molar-refractivity contribution >= 4 is 11.7 Å². The van der Waals surface area contributed by atoms with Gasteiger partial charge in [-0.15, -0.1) is 0 Å². The predicted molar refractivity (Wildman–Crippen MR) is 74.7 cm³/mol. The van der Waals surface area contributed by atoms with Gasteiger partial charge in [-0.1, -0.05) is 18.2 Å². The molecule has 116 valence electrons. The molecule has 0 saturated carbocycles. The largest absolute Gasteiger partial charge is 0.386 e. The number of benzene rings is 2. The molecule has 0 spiro atoms. The van der Waals surface area contributed by atoms with Gasteiger partial charge in [0.25, 0.3) is 0 Å². The SMILES string of the molecule is O=C(NCC(O)c1ccccc1F)Nc1cc(F)cc(F)c1. The first-order valence-corrected chi connectivity index (χ1v) is 6.39. The van der Waals surface area contributed by atoms with E-state index in [-0.39, 0.29) is 17.8 Å². The Morgan fingerprint density at radius 2 is 1.73 bits per heavy atom. The average Bonchev–Trinajstić information content (AvgIpc) is 2.44. The highest BCUT2D eigenvalue weighted by atomic mass is 19.1. The summed E-state index contributed by atoms with van der Waals surface area (Å²) in [6.45, 7) is -0.259. The summed E-state index contributed by atoms with van der Waals surface area (Å²) in [5, 5.41) is 14.3. The van der Waals surface area contributed by atoms with Crippen molar-refractivity contribution in [1.29, 1.82) is 0 Å². The third-order valence-corrected chi connectivity index (χ3v) is 2.84. The number of nitrogens with one attached hydrogen (secondary N) is 2. The minimum Gasteiger partial charge on any atom is -0.386 e. The van der Waals surface area contributed by atoms with E-state index >= 15 is 0 Å². The normalized spacial score (nSPS) is 11.8. The van der Waals surface area contributed by atoms with Crippen molar-refractivity contribution < 1.29 is 23.1 Å². The lowest BCUT2D eigenvalue weighted by atomic mass is 10.1.